The van der Waals surface area contributed by atoms with Gasteiger partial charge >= 0.3 is 5.56 Å². The summed E-state index contributed by atoms with van der Waals surface area (Å²) in [5, 5.41) is 14.5. The predicted octanol–water partition coefficient (Wildman–Crippen LogP) is 3.84. The van der Waals surface area contributed by atoms with E-state index in [-0.39, 0.29) is 5.56 Å². The first kappa shape index (κ1) is 20.0. The minimum atomic E-state index is -0.228. The third kappa shape index (κ3) is 3.27. The normalized spacial score (nSPS) is 11.5. The van der Waals surface area contributed by atoms with E-state index in [4.69, 9.17) is 5.10 Å². The Morgan fingerprint density at radius 2 is 1.71 bits per heavy atom. The highest BCUT2D eigenvalue weighted by atomic mass is 16.1. The maximum Gasteiger partial charge on any atom is 0.301 e. The molecule has 0 amide bonds. The quantitative estimate of drug-likeness (QED) is 0.410. The van der Waals surface area contributed by atoms with Crippen LogP contribution in [0.25, 0.3) is 39.2 Å². The molecule has 2 aliphatic heterocycles. The van der Waals surface area contributed by atoms with E-state index in [0.29, 0.717) is 17.9 Å². The Labute approximate surface area is 195 Å². The number of hydrogen-bond acceptors (Lipinski definition) is 5. The van der Waals surface area contributed by atoms with E-state index in [1.54, 1.807) is 10.9 Å². The molecule has 0 radical (unpaired) electrons. The zero-order valence-electron chi connectivity index (χ0n) is 18.8. The van der Waals surface area contributed by atoms with Crippen molar-refractivity contribution in [2.24, 2.45) is 7.05 Å². The first-order valence-electron chi connectivity index (χ1n) is 11.0. The fourth-order valence-electron chi connectivity index (χ4n) is 4.24. The van der Waals surface area contributed by atoms with Crippen LogP contribution in [-0.4, -0.2) is 34.3 Å². The summed E-state index contributed by atoms with van der Waals surface area (Å²) in [6, 6.07) is 19.6. The van der Waals surface area contributed by atoms with Crippen LogP contribution in [0.1, 0.15) is 11.1 Å². The van der Waals surface area contributed by atoms with Crippen molar-refractivity contribution in [3.8, 4) is 28.3 Å². The Morgan fingerprint density at radius 1 is 0.882 bits per heavy atom. The second-order valence-corrected chi connectivity index (χ2v) is 8.33. The molecule has 0 atom stereocenters. The van der Waals surface area contributed by atoms with E-state index in [2.05, 4.69) is 15.2 Å². The van der Waals surface area contributed by atoms with Crippen LogP contribution in [0.15, 0.2) is 84.0 Å². The molecule has 0 fully saturated rings. The fourth-order valence-corrected chi connectivity index (χ4v) is 4.24. The number of aromatic nitrogens is 7. The van der Waals surface area contributed by atoms with Crippen molar-refractivity contribution in [3.63, 3.8) is 0 Å². The first-order chi connectivity index (χ1) is 16.6. The van der Waals surface area contributed by atoms with Crippen LogP contribution in [0.3, 0.4) is 0 Å². The lowest BCUT2D eigenvalue weighted by molar-refractivity contribution is 0.697. The van der Waals surface area contributed by atoms with Gasteiger partial charge in [0.25, 0.3) is 0 Å². The molecular formula is C26H21N7O. The van der Waals surface area contributed by atoms with E-state index < -0.39 is 0 Å². The molecule has 34 heavy (non-hydrogen) atoms. The summed E-state index contributed by atoms with van der Waals surface area (Å²) in [6.07, 6.45) is 5.56. The second-order valence-electron chi connectivity index (χ2n) is 8.33. The molecule has 0 saturated heterocycles. The molecule has 2 aromatic carbocycles. The number of nitrogens with zero attached hydrogens (tertiary/aromatic N) is 7. The van der Waals surface area contributed by atoms with Gasteiger partial charge in [0.15, 0.2) is 5.69 Å². The monoisotopic (exact) mass is 447 g/mol. The molecule has 2 aromatic heterocycles. The average Bonchev–Trinajstić information content (AvgIpc) is 3.44. The highest BCUT2D eigenvalue weighted by Crippen LogP contribution is 2.27. The van der Waals surface area contributed by atoms with Gasteiger partial charge in [-0.15, -0.1) is 0 Å². The summed E-state index contributed by atoms with van der Waals surface area (Å²) in [5.41, 5.74) is 6.17. The Kier molecular flexibility index (Phi) is 4.58. The lowest BCUT2D eigenvalue weighted by Gasteiger charge is -2.12. The predicted molar refractivity (Wildman–Crippen MR) is 130 cm³/mol. The van der Waals surface area contributed by atoms with Gasteiger partial charge in [0, 0.05) is 30.4 Å². The van der Waals surface area contributed by atoms with E-state index in [1.807, 2.05) is 91.7 Å². The lowest BCUT2D eigenvalue weighted by atomic mass is 10.1. The summed E-state index contributed by atoms with van der Waals surface area (Å²) in [6.45, 7) is 2.45. The number of pyridine rings is 1. The van der Waals surface area contributed by atoms with Gasteiger partial charge in [0.05, 0.1) is 29.6 Å². The Balaban J connectivity index is 1.46. The number of hydrogen-bond donors (Lipinski definition) is 0. The van der Waals surface area contributed by atoms with Crippen molar-refractivity contribution >= 4 is 10.9 Å². The van der Waals surface area contributed by atoms with E-state index >= 15 is 0 Å². The van der Waals surface area contributed by atoms with Crippen LogP contribution >= 0.6 is 0 Å². The zero-order valence-corrected chi connectivity index (χ0v) is 18.8. The van der Waals surface area contributed by atoms with E-state index in [9.17, 15) is 4.79 Å². The minimum absolute atomic E-state index is 0.228. The van der Waals surface area contributed by atoms with Crippen LogP contribution in [0.4, 0.5) is 0 Å². The second kappa shape index (κ2) is 7.77. The minimum Gasteiger partial charge on any atom is -0.275 e. The fraction of sp³-hybridized carbons (Fsp3) is 0.115. The van der Waals surface area contributed by atoms with E-state index in [1.165, 1.54) is 4.68 Å². The number of rotatable bonds is 4. The largest absolute Gasteiger partial charge is 0.301 e. The third-order valence-electron chi connectivity index (χ3n) is 5.98. The van der Waals surface area contributed by atoms with Crippen molar-refractivity contribution < 1.29 is 0 Å². The molecule has 0 spiro atoms. The molecule has 0 unspecified atom stereocenters. The van der Waals surface area contributed by atoms with Gasteiger partial charge in [-0.2, -0.15) is 20.0 Å². The van der Waals surface area contributed by atoms with Crippen molar-refractivity contribution in [1.29, 1.82) is 0 Å². The first-order valence-corrected chi connectivity index (χ1v) is 11.0. The highest BCUT2D eigenvalue weighted by Gasteiger charge is 2.23. The van der Waals surface area contributed by atoms with Crippen molar-refractivity contribution in [3.05, 3.63) is 101 Å². The Morgan fingerprint density at radius 3 is 2.47 bits per heavy atom. The molecule has 0 aliphatic carbocycles. The Bertz CT molecular complexity index is 1670. The molecule has 8 nitrogen and oxygen atoms in total. The standard InChI is InChI=1S/C26H21N7O/c1-17-7-3-5-9-22(17)33-26(34)25-24(30-33)20-8-4-6-10-23(20)32(29-25)15-18-11-12-21(27-13-18)19-14-28-31(2)16-19/h3-14,16H,15H2,1-2H3. The number of aryl methyl sites for hydroxylation is 2. The molecule has 166 valence electrons. The van der Waals surface area contributed by atoms with Crippen molar-refractivity contribution in [2.45, 2.75) is 13.5 Å². The van der Waals surface area contributed by atoms with Gasteiger partial charge in [-0.25, -0.2) is 0 Å². The number of para-hydroxylation sites is 2. The van der Waals surface area contributed by atoms with Crippen LogP contribution in [-0.2, 0) is 13.6 Å². The van der Waals surface area contributed by atoms with Crippen LogP contribution in [0.2, 0.25) is 0 Å². The molecule has 8 heteroatoms. The smallest absolute Gasteiger partial charge is 0.275 e. The SMILES string of the molecule is Cc1ccccc1-n1nc2c3ccccc3n(Cc3ccc(-c4cnn(C)c4)nc3)nc-2c1=O. The summed E-state index contributed by atoms with van der Waals surface area (Å²) in [4.78, 5) is 17.9. The summed E-state index contributed by atoms with van der Waals surface area (Å²) >= 11 is 0. The van der Waals surface area contributed by atoms with Gasteiger partial charge < -0.3 is 0 Å². The van der Waals surface area contributed by atoms with Crippen molar-refractivity contribution in [1.82, 2.24) is 34.3 Å². The topological polar surface area (TPSA) is 83.4 Å². The molecule has 0 bridgehead atoms. The maximum atomic E-state index is 13.3. The summed E-state index contributed by atoms with van der Waals surface area (Å²) in [7, 11) is 1.88. The maximum absolute atomic E-state index is 13.3. The molecule has 0 saturated carbocycles. The van der Waals surface area contributed by atoms with Gasteiger partial charge in [-0.3, -0.25) is 19.1 Å². The van der Waals surface area contributed by atoms with Gasteiger partial charge in [0.1, 0.15) is 5.69 Å². The molecule has 4 heterocycles. The molecule has 4 aromatic rings. The summed E-state index contributed by atoms with van der Waals surface area (Å²) < 4.78 is 5.06. The van der Waals surface area contributed by atoms with Gasteiger partial charge in [-0.1, -0.05) is 42.5 Å². The van der Waals surface area contributed by atoms with Crippen LogP contribution < -0.4 is 5.56 Å². The average molecular weight is 448 g/mol. The number of benzene rings is 2. The van der Waals surface area contributed by atoms with Gasteiger partial charge in [-0.05, 0) is 36.2 Å². The van der Waals surface area contributed by atoms with Crippen LogP contribution in [0.5, 0.6) is 0 Å². The molecule has 0 N–H and O–H groups in total. The molecular weight excluding hydrogens is 426 g/mol. The summed E-state index contributed by atoms with van der Waals surface area (Å²) in [5.74, 6) is 0. The van der Waals surface area contributed by atoms with Crippen molar-refractivity contribution in [2.75, 3.05) is 0 Å². The highest BCUT2D eigenvalue weighted by molar-refractivity contribution is 5.92. The van der Waals surface area contributed by atoms with E-state index in [0.717, 1.165) is 39.0 Å². The Hall–Kier alpha value is -4.59. The molecule has 6 rings (SSSR count). The van der Waals surface area contributed by atoms with Crippen LogP contribution in [0, 0.1) is 6.92 Å². The number of fused-ring (bicyclic) bond motifs is 3. The lowest BCUT2D eigenvalue weighted by Crippen LogP contribution is -2.18. The third-order valence-corrected chi connectivity index (χ3v) is 5.98. The molecule has 2 aliphatic rings. The zero-order chi connectivity index (χ0) is 23.2. The van der Waals surface area contributed by atoms with Gasteiger partial charge in [0.2, 0.25) is 0 Å².